The van der Waals surface area contributed by atoms with Gasteiger partial charge in [-0.3, -0.25) is 0 Å². The van der Waals surface area contributed by atoms with Crippen molar-refractivity contribution >= 4 is 120 Å². The molecule has 0 saturated carbocycles. The molecule has 2 heterocycles. The van der Waals surface area contributed by atoms with Crippen molar-refractivity contribution in [2.45, 2.75) is 0 Å². The molecule has 3 aromatic carbocycles. The van der Waals surface area contributed by atoms with E-state index in [9.17, 15) is 0 Å². The molecule has 0 aliphatic heterocycles. The first-order chi connectivity index (χ1) is 20.2. The van der Waals surface area contributed by atoms with Gasteiger partial charge in [-0.15, -0.1) is 0 Å². The molecule has 0 saturated heterocycles. The second-order valence-corrected chi connectivity index (χ2v) is 8.79. The average molecular weight is 493 g/mol. The zero-order valence-corrected chi connectivity index (χ0v) is 20.9. The Balaban J connectivity index is 0.000000301. The van der Waals surface area contributed by atoms with Crippen LogP contribution in [0.2, 0.25) is 5.28 Å². The Labute approximate surface area is 246 Å². The molecule has 0 atom stereocenters. The summed E-state index contributed by atoms with van der Waals surface area (Å²) in [6.45, 7) is 0. The smallest absolute Gasteiger partial charge is 0.226 e. The lowest BCUT2D eigenvalue weighted by molar-refractivity contribution is 0.669. The van der Waals surface area contributed by atoms with Crippen LogP contribution in [0, 0.1) is 0 Å². The Morgan fingerprint density at radius 1 is 0.684 bits per heavy atom. The molecular weight excluding hydrogens is 475 g/mol. The number of furan rings is 1. The summed E-state index contributed by atoms with van der Waals surface area (Å²) in [7, 11) is 37.9. The van der Waals surface area contributed by atoms with Gasteiger partial charge < -0.3 is 4.42 Å². The molecule has 0 N–H and O–H groups in total. The summed E-state index contributed by atoms with van der Waals surface area (Å²) >= 11 is 6.11. The topological polar surface area (TPSA) is 51.8 Å². The van der Waals surface area contributed by atoms with Crippen molar-refractivity contribution in [3.8, 4) is 22.8 Å². The number of fused-ring (bicyclic) bond motifs is 3. The maximum absolute atomic E-state index is 8.16. The molecule has 0 fully saturated rings. The molecule has 5 aromatic rings. The van der Waals surface area contributed by atoms with E-state index in [1.807, 2.05) is 36.4 Å². The van der Waals surface area contributed by atoms with Crippen molar-refractivity contribution in [1.29, 1.82) is 0 Å². The first-order valence-electron chi connectivity index (χ1n) is 13.9. The van der Waals surface area contributed by atoms with Crippen LogP contribution >= 0.6 is 11.6 Å². The van der Waals surface area contributed by atoms with Crippen LogP contribution < -0.4 is 0 Å². The zero-order chi connectivity index (χ0) is 31.7. The molecule has 17 heteroatoms. The highest BCUT2D eigenvalue weighted by atomic mass is 35.5. The molecule has 5 rings (SSSR count). The molecule has 160 valence electrons. The molecule has 0 aliphatic carbocycles. The van der Waals surface area contributed by atoms with E-state index >= 15 is 0 Å². The Morgan fingerprint density at radius 2 is 1.29 bits per heavy atom. The Morgan fingerprint density at radius 3 is 1.89 bits per heavy atom. The summed E-state index contributed by atoms with van der Waals surface area (Å²) in [6, 6.07) is 10.9. The zero-order valence-electron chi connectivity index (χ0n) is 25.1. The third-order valence-electron chi connectivity index (χ3n) is 5.75. The van der Waals surface area contributed by atoms with E-state index in [0.717, 1.165) is 16.4 Å². The monoisotopic (exact) mass is 494 g/mol. The van der Waals surface area contributed by atoms with Gasteiger partial charge in [-0.05, 0) is 29.8 Å². The highest BCUT2D eigenvalue weighted by Crippen LogP contribution is 2.31. The van der Waals surface area contributed by atoms with Crippen LogP contribution in [0.1, 0.15) is 6.85 Å². The van der Waals surface area contributed by atoms with E-state index in [-0.39, 0.29) is 22.5 Å². The molecule has 0 amide bonds. The number of benzene rings is 3. The first-order valence-corrected chi connectivity index (χ1v) is 11.8. The number of aromatic nitrogens is 3. The van der Waals surface area contributed by atoms with Gasteiger partial charge in [-0.1, -0.05) is 54.5 Å². The van der Waals surface area contributed by atoms with E-state index in [0.29, 0.717) is 11.1 Å². The van der Waals surface area contributed by atoms with Crippen molar-refractivity contribution in [3.05, 3.63) is 78.0 Å². The number of hydrogen-bond donors (Lipinski definition) is 0. The molecule has 2 aromatic heterocycles. The fraction of sp³-hybridized carbons (Fsp3) is 0. The average Bonchev–Trinajstić information content (AvgIpc) is 3.32. The van der Waals surface area contributed by atoms with Crippen LogP contribution in [0.3, 0.4) is 0 Å². The summed E-state index contributed by atoms with van der Waals surface area (Å²) < 4.78 is 45.7. The van der Waals surface area contributed by atoms with Crippen LogP contribution in [0.5, 0.6) is 0 Å². The molecule has 0 aliphatic rings. The highest BCUT2D eigenvalue weighted by Gasteiger charge is 2.30. The van der Waals surface area contributed by atoms with Gasteiger partial charge in [-0.2, -0.15) is 9.97 Å². The third kappa shape index (κ3) is 6.57. The molecule has 0 spiro atoms. The predicted molar refractivity (Wildman–Crippen MR) is 172 cm³/mol. The maximum atomic E-state index is 8.16. The highest BCUT2D eigenvalue weighted by molar-refractivity contribution is 8.05. The quantitative estimate of drug-likeness (QED) is 0.334. The molecule has 0 unspecified atom stereocenters. The van der Waals surface area contributed by atoms with Crippen molar-refractivity contribution in [2.24, 2.45) is 0 Å². The van der Waals surface area contributed by atoms with Gasteiger partial charge in [0.05, 0.1) is 6.85 Å². The van der Waals surface area contributed by atoms with Crippen molar-refractivity contribution < 1.29 is 11.3 Å². The van der Waals surface area contributed by atoms with E-state index in [2.05, 4.69) is 15.0 Å². The Hall–Kier alpha value is -2.46. The largest absolute Gasteiger partial charge is 0.456 e. The SMILES string of the molecule is [2H]c1c([2H])c([2H])c(-c2nc(Cl)nc(-c3ccc4c(c3)oc3ccccc34)n2)c([2H])c1[2H].[B]B([B])B([B])B(B([B])[B])B([B])[B]. The van der Waals surface area contributed by atoms with Gasteiger partial charge >= 0.3 is 0 Å². The van der Waals surface area contributed by atoms with E-state index in [4.69, 9.17) is 77.0 Å². The van der Waals surface area contributed by atoms with Crippen LogP contribution in [0.15, 0.2) is 77.1 Å². The normalized spacial score (nSPS) is 12.3. The summed E-state index contributed by atoms with van der Waals surface area (Å²) in [4.78, 5) is 12.5. The molecule has 0 bridgehead atoms. The fourth-order valence-corrected chi connectivity index (χ4v) is 4.00. The third-order valence-corrected chi connectivity index (χ3v) is 5.92. The summed E-state index contributed by atoms with van der Waals surface area (Å²) in [5, 5.41) is 1.76. The second kappa shape index (κ2) is 12.6. The van der Waals surface area contributed by atoms with Crippen LogP contribution in [-0.4, -0.2) is 101 Å². The minimum atomic E-state index is -0.723. The van der Waals surface area contributed by atoms with E-state index < -0.39 is 62.1 Å². The van der Waals surface area contributed by atoms with Gasteiger partial charge in [0.2, 0.25) is 5.28 Å². The Bertz CT molecular complexity index is 1760. The molecular formula is C21H12B12ClN3O. The number of nitrogens with zero attached hydrogens (tertiary/aromatic N) is 3. The second-order valence-electron chi connectivity index (χ2n) is 8.45. The van der Waals surface area contributed by atoms with Crippen LogP contribution in [0.4, 0.5) is 0 Å². The Kier molecular flexibility index (Phi) is 7.41. The molecule has 38 heavy (non-hydrogen) atoms. The van der Waals surface area contributed by atoms with Gasteiger partial charge in [0, 0.05) is 108 Å². The van der Waals surface area contributed by atoms with Crippen LogP contribution in [-0.2, 0) is 0 Å². The van der Waals surface area contributed by atoms with Gasteiger partial charge in [0.15, 0.2) is 11.6 Å². The first kappa shape index (κ1) is 22.4. The van der Waals surface area contributed by atoms with Crippen LogP contribution in [0.25, 0.3) is 44.7 Å². The number of para-hydroxylation sites is 1. The summed E-state index contributed by atoms with van der Waals surface area (Å²) in [6.07, 6.45) is -3.22. The van der Waals surface area contributed by atoms with Gasteiger partial charge in [0.1, 0.15) is 11.2 Å². The van der Waals surface area contributed by atoms with E-state index in [1.165, 1.54) is 0 Å². The van der Waals surface area contributed by atoms with Crippen molar-refractivity contribution in [1.82, 2.24) is 15.0 Å². The predicted octanol–water partition coefficient (Wildman–Crippen LogP) is 1.19. The lowest BCUT2D eigenvalue weighted by atomic mass is 8.53. The maximum Gasteiger partial charge on any atom is 0.226 e. The summed E-state index contributed by atoms with van der Waals surface area (Å²) in [5.74, 6) is 0.0980. The van der Waals surface area contributed by atoms with Gasteiger partial charge in [0.25, 0.3) is 0 Å². The number of hydrogen-bond acceptors (Lipinski definition) is 4. The standard InChI is InChI=1S/C21H12ClN3O.B12/c22-21-24-19(13-6-2-1-3-7-13)23-20(25-21)14-10-11-16-15-8-4-5-9-17(15)26-18(16)12-14;1-8(2)11(7)12(9(3)4)10(5)6/h1-12H;/i1D,2D,3D,6D,7D;. The minimum absolute atomic E-state index is 0.100. The molecule has 4 nitrogen and oxygen atoms in total. The van der Waals surface area contributed by atoms with Crippen molar-refractivity contribution in [3.63, 3.8) is 0 Å². The van der Waals surface area contributed by atoms with Crippen molar-refractivity contribution in [2.75, 3.05) is 0 Å². The molecule has 14 radical (unpaired) electrons. The lowest BCUT2D eigenvalue weighted by Gasteiger charge is -2.29. The van der Waals surface area contributed by atoms with E-state index in [1.54, 1.807) is 6.07 Å². The van der Waals surface area contributed by atoms with Gasteiger partial charge in [-0.25, -0.2) is 4.98 Å². The number of halogens is 1. The number of rotatable bonds is 6. The fourth-order valence-electron chi connectivity index (χ4n) is 3.84. The minimum Gasteiger partial charge on any atom is -0.456 e. The summed E-state index contributed by atoms with van der Waals surface area (Å²) in [5.41, 5.74) is 1.84. The lowest BCUT2D eigenvalue weighted by Crippen LogP contribution is -2.67.